The van der Waals surface area contributed by atoms with Gasteiger partial charge in [0.05, 0.1) is 0 Å². The summed E-state index contributed by atoms with van der Waals surface area (Å²) in [6.45, 7) is 6.59. The van der Waals surface area contributed by atoms with Gasteiger partial charge in [0.25, 0.3) is 0 Å². The highest BCUT2D eigenvalue weighted by atomic mass is 19.1. The molecule has 1 N–H and O–H groups in total. The van der Waals surface area contributed by atoms with Crippen molar-refractivity contribution in [2.24, 2.45) is 11.3 Å². The van der Waals surface area contributed by atoms with E-state index in [-0.39, 0.29) is 11.2 Å². The third kappa shape index (κ3) is 2.50. The lowest BCUT2D eigenvalue weighted by molar-refractivity contribution is -0.0484. The van der Waals surface area contributed by atoms with Crippen LogP contribution in [0.1, 0.15) is 51.5 Å². The first kappa shape index (κ1) is 14.1. The Labute approximate surface area is 122 Å². The van der Waals surface area contributed by atoms with E-state index < -0.39 is 0 Å². The van der Waals surface area contributed by atoms with Crippen LogP contribution in [0.25, 0.3) is 0 Å². The summed E-state index contributed by atoms with van der Waals surface area (Å²) in [6.07, 6.45) is 6.78. The average Bonchev–Trinajstić information content (AvgIpc) is 2.31. The van der Waals surface area contributed by atoms with Crippen molar-refractivity contribution in [1.29, 1.82) is 0 Å². The molecular weight excluding hydrogens is 249 g/mol. The first-order valence-corrected chi connectivity index (χ1v) is 8.01. The normalized spacial score (nSPS) is 22.6. The maximum Gasteiger partial charge on any atom is 0.123 e. The van der Waals surface area contributed by atoms with E-state index in [1.54, 1.807) is 12.1 Å². The number of halogens is 1. The smallest absolute Gasteiger partial charge is 0.123 e. The fourth-order valence-corrected chi connectivity index (χ4v) is 4.25. The molecule has 3 rings (SSSR count). The molecule has 1 aromatic rings. The van der Waals surface area contributed by atoms with Crippen LogP contribution < -0.4 is 5.32 Å². The molecule has 0 aromatic heterocycles. The van der Waals surface area contributed by atoms with E-state index in [9.17, 15) is 4.39 Å². The molecule has 0 unspecified atom stereocenters. The zero-order valence-electron chi connectivity index (χ0n) is 12.7. The van der Waals surface area contributed by atoms with Crippen LogP contribution in [0.4, 0.5) is 4.39 Å². The van der Waals surface area contributed by atoms with Gasteiger partial charge in [-0.05, 0) is 61.3 Å². The van der Waals surface area contributed by atoms with E-state index in [1.165, 1.54) is 37.7 Å². The predicted octanol–water partition coefficient (Wildman–Crippen LogP) is 4.27. The van der Waals surface area contributed by atoms with Crippen molar-refractivity contribution in [2.75, 3.05) is 13.1 Å². The van der Waals surface area contributed by atoms with Crippen molar-refractivity contribution in [3.05, 3.63) is 35.6 Å². The van der Waals surface area contributed by atoms with Gasteiger partial charge in [-0.15, -0.1) is 0 Å². The van der Waals surface area contributed by atoms with Crippen LogP contribution >= 0.6 is 0 Å². The van der Waals surface area contributed by atoms with Gasteiger partial charge in [0.1, 0.15) is 5.82 Å². The molecule has 110 valence electrons. The summed E-state index contributed by atoms with van der Waals surface area (Å²) in [5.74, 6) is 0.551. The van der Waals surface area contributed by atoms with E-state index in [1.807, 2.05) is 12.1 Å². The Morgan fingerprint density at radius 2 is 1.80 bits per heavy atom. The van der Waals surface area contributed by atoms with Crippen molar-refractivity contribution in [1.82, 2.24) is 5.32 Å². The molecule has 2 aliphatic rings. The zero-order chi connectivity index (χ0) is 14.2. The molecule has 0 aliphatic heterocycles. The van der Waals surface area contributed by atoms with E-state index in [4.69, 9.17) is 0 Å². The summed E-state index contributed by atoms with van der Waals surface area (Å²) in [7, 11) is 0. The molecule has 1 aromatic carbocycles. The van der Waals surface area contributed by atoms with Crippen LogP contribution in [0.15, 0.2) is 24.3 Å². The van der Waals surface area contributed by atoms with Crippen LogP contribution in [0, 0.1) is 17.2 Å². The average molecular weight is 275 g/mol. The second-order valence-electron chi connectivity index (χ2n) is 7.52. The molecule has 2 saturated carbocycles. The SMILES string of the molecule is CC(C)CNCC1(c2ccc(F)cc2)CC2(CCC2)C1. The molecule has 2 fully saturated rings. The number of nitrogens with one attached hydrogen (secondary N) is 1. The van der Waals surface area contributed by atoms with Gasteiger partial charge in [-0.25, -0.2) is 4.39 Å². The fourth-order valence-electron chi connectivity index (χ4n) is 4.25. The van der Waals surface area contributed by atoms with Gasteiger partial charge < -0.3 is 5.32 Å². The molecule has 0 amide bonds. The van der Waals surface area contributed by atoms with E-state index in [0.717, 1.165) is 13.1 Å². The molecule has 1 spiro atoms. The summed E-state index contributed by atoms with van der Waals surface area (Å²) < 4.78 is 13.2. The van der Waals surface area contributed by atoms with Crippen LogP contribution in [0.3, 0.4) is 0 Å². The van der Waals surface area contributed by atoms with E-state index in [2.05, 4.69) is 19.2 Å². The summed E-state index contributed by atoms with van der Waals surface area (Å²) >= 11 is 0. The minimum atomic E-state index is -0.128. The van der Waals surface area contributed by atoms with Crippen LogP contribution in [0.5, 0.6) is 0 Å². The Kier molecular flexibility index (Phi) is 3.62. The van der Waals surface area contributed by atoms with Gasteiger partial charge in [-0.2, -0.15) is 0 Å². The Hall–Kier alpha value is -0.890. The number of hydrogen-bond acceptors (Lipinski definition) is 1. The summed E-state index contributed by atoms with van der Waals surface area (Å²) in [5.41, 5.74) is 2.21. The minimum absolute atomic E-state index is 0.128. The molecule has 2 aliphatic carbocycles. The molecular formula is C18H26FN. The Morgan fingerprint density at radius 1 is 1.15 bits per heavy atom. The molecule has 1 nitrogen and oxygen atoms in total. The van der Waals surface area contributed by atoms with Crippen molar-refractivity contribution < 1.29 is 4.39 Å². The minimum Gasteiger partial charge on any atom is -0.316 e. The summed E-state index contributed by atoms with van der Waals surface area (Å²) in [4.78, 5) is 0. The predicted molar refractivity (Wildman–Crippen MR) is 81.3 cm³/mol. The third-order valence-corrected chi connectivity index (χ3v) is 5.31. The summed E-state index contributed by atoms with van der Waals surface area (Å²) in [5, 5.41) is 3.63. The van der Waals surface area contributed by atoms with Crippen molar-refractivity contribution in [2.45, 2.75) is 51.4 Å². The highest BCUT2D eigenvalue weighted by molar-refractivity contribution is 5.32. The van der Waals surface area contributed by atoms with Gasteiger partial charge in [-0.1, -0.05) is 32.4 Å². The second-order valence-corrected chi connectivity index (χ2v) is 7.52. The van der Waals surface area contributed by atoms with E-state index >= 15 is 0 Å². The highest BCUT2D eigenvalue weighted by Crippen LogP contribution is 2.64. The monoisotopic (exact) mass is 275 g/mol. The van der Waals surface area contributed by atoms with Gasteiger partial charge in [-0.3, -0.25) is 0 Å². The van der Waals surface area contributed by atoms with Gasteiger partial charge in [0.15, 0.2) is 0 Å². The third-order valence-electron chi connectivity index (χ3n) is 5.31. The quantitative estimate of drug-likeness (QED) is 0.846. The molecule has 0 atom stereocenters. The molecule has 0 saturated heterocycles. The molecule has 0 radical (unpaired) electrons. The van der Waals surface area contributed by atoms with Gasteiger partial charge >= 0.3 is 0 Å². The van der Waals surface area contributed by atoms with Crippen molar-refractivity contribution in [3.8, 4) is 0 Å². The lowest BCUT2D eigenvalue weighted by atomic mass is 9.43. The van der Waals surface area contributed by atoms with E-state index in [0.29, 0.717) is 11.3 Å². The van der Waals surface area contributed by atoms with Crippen LogP contribution in [-0.4, -0.2) is 13.1 Å². The maximum atomic E-state index is 13.2. The number of benzene rings is 1. The van der Waals surface area contributed by atoms with Crippen molar-refractivity contribution >= 4 is 0 Å². The Bertz CT molecular complexity index is 451. The molecule has 2 heteroatoms. The van der Waals surface area contributed by atoms with Gasteiger partial charge in [0.2, 0.25) is 0 Å². The topological polar surface area (TPSA) is 12.0 Å². The molecule has 0 bridgehead atoms. The molecule has 20 heavy (non-hydrogen) atoms. The Balaban J connectivity index is 1.72. The van der Waals surface area contributed by atoms with Crippen molar-refractivity contribution in [3.63, 3.8) is 0 Å². The number of hydrogen-bond donors (Lipinski definition) is 1. The largest absolute Gasteiger partial charge is 0.316 e. The highest BCUT2D eigenvalue weighted by Gasteiger charge is 2.57. The second kappa shape index (κ2) is 5.14. The van der Waals surface area contributed by atoms with Crippen LogP contribution in [0.2, 0.25) is 0 Å². The lowest BCUT2D eigenvalue weighted by Gasteiger charge is -2.62. The Morgan fingerprint density at radius 3 is 2.30 bits per heavy atom. The van der Waals surface area contributed by atoms with Gasteiger partial charge in [0, 0.05) is 12.0 Å². The van der Waals surface area contributed by atoms with Crippen LogP contribution in [-0.2, 0) is 5.41 Å². The maximum absolute atomic E-state index is 13.2. The summed E-state index contributed by atoms with van der Waals surface area (Å²) in [6, 6.07) is 7.23. The molecule has 0 heterocycles. The fraction of sp³-hybridized carbons (Fsp3) is 0.667. The first-order chi connectivity index (χ1) is 9.54. The standard InChI is InChI=1S/C18H26FN/c1-14(2)10-20-13-18(11-17(12-18)8-3-9-17)15-4-6-16(19)7-5-15/h4-7,14,20H,3,8-13H2,1-2H3. The first-order valence-electron chi connectivity index (χ1n) is 8.01. The zero-order valence-corrected chi connectivity index (χ0v) is 12.7. The lowest BCUT2D eigenvalue weighted by Crippen LogP contribution is -2.57. The number of rotatable bonds is 5.